The summed E-state index contributed by atoms with van der Waals surface area (Å²) in [4.78, 5) is 0.244. The van der Waals surface area contributed by atoms with E-state index >= 15 is 0 Å². The average molecular weight is 313 g/mol. The molecule has 1 atom stereocenters. The van der Waals surface area contributed by atoms with Gasteiger partial charge in [-0.15, -0.1) is 12.3 Å². The van der Waals surface area contributed by atoms with Crippen molar-refractivity contribution in [1.29, 1.82) is 0 Å². The van der Waals surface area contributed by atoms with Crippen LogP contribution >= 0.6 is 0 Å². The zero-order valence-electron chi connectivity index (χ0n) is 12.7. The predicted molar refractivity (Wildman–Crippen MR) is 88.9 cm³/mol. The summed E-state index contributed by atoms with van der Waals surface area (Å²) in [6.45, 7) is 3.86. The highest BCUT2D eigenvalue weighted by atomic mass is 32.2. The molecule has 0 amide bonds. The lowest BCUT2D eigenvalue weighted by molar-refractivity contribution is 0.559. The standard InChI is InChI=1S/C18H19NO2S/c1-4-7-18(17-9-6-5-8-15(17)3)19-22(20,21)16-12-10-14(2)11-13-16/h1,5-6,8-13,18-19H,7H2,2-3H3. The molecule has 0 heterocycles. The molecule has 114 valence electrons. The Morgan fingerprint density at radius 1 is 1.09 bits per heavy atom. The largest absolute Gasteiger partial charge is 0.241 e. The average Bonchev–Trinajstić information content (AvgIpc) is 2.47. The van der Waals surface area contributed by atoms with E-state index in [4.69, 9.17) is 6.42 Å². The van der Waals surface area contributed by atoms with Crippen molar-refractivity contribution >= 4 is 10.0 Å². The first-order valence-corrected chi connectivity index (χ1v) is 8.50. The molecule has 0 saturated carbocycles. The Morgan fingerprint density at radius 3 is 2.32 bits per heavy atom. The molecular weight excluding hydrogens is 294 g/mol. The maximum absolute atomic E-state index is 12.5. The van der Waals surface area contributed by atoms with Gasteiger partial charge in [0.1, 0.15) is 0 Å². The fraction of sp³-hybridized carbons (Fsp3) is 0.222. The van der Waals surface area contributed by atoms with Gasteiger partial charge in [-0.05, 0) is 37.1 Å². The first kappa shape index (κ1) is 16.3. The third kappa shape index (κ3) is 3.76. The minimum Gasteiger partial charge on any atom is -0.207 e. The van der Waals surface area contributed by atoms with Crippen LogP contribution < -0.4 is 4.72 Å². The van der Waals surface area contributed by atoms with Crippen LogP contribution in [0.5, 0.6) is 0 Å². The molecule has 2 aromatic rings. The van der Waals surface area contributed by atoms with E-state index in [1.165, 1.54) is 0 Å². The molecule has 4 heteroatoms. The van der Waals surface area contributed by atoms with Crippen molar-refractivity contribution in [2.75, 3.05) is 0 Å². The highest BCUT2D eigenvalue weighted by molar-refractivity contribution is 7.89. The van der Waals surface area contributed by atoms with Crippen molar-refractivity contribution in [3.8, 4) is 12.3 Å². The van der Waals surface area contributed by atoms with E-state index in [1.807, 2.05) is 38.1 Å². The van der Waals surface area contributed by atoms with Crippen LogP contribution in [0.4, 0.5) is 0 Å². The number of nitrogens with one attached hydrogen (secondary N) is 1. The Balaban J connectivity index is 2.34. The minimum absolute atomic E-state index is 0.244. The van der Waals surface area contributed by atoms with E-state index < -0.39 is 16.1 Å². The Labute approximate surface area is 132 Å². The number of aryl methyl sites for hydroxylation is 2. The topological polar surface area (TPSA) is 46.2 Å². The van der Waals surface area contributed by atoms with Crippen LogP contribution in [0.25, 0.3) is 0 Å². The Hall–Kier alpha value is -2.09. The van der Waals surface area contributed by atoms with E-state index in [2.05, 4.69) is 10.6 Å². The molecule has 2 rings (SSSR count). The Morgan fingerprint density at radius 2 is 1.73 bits per heavy atom. The summed E-state index contributed by atoms with van der Waals surface area (Å²) in [6.07, 6.45) is 5.71. The smallest absolute Gasteiger partial charge is 0.207 e. The molecule has 1 unspecified atom stereocenters. The SMILES string of the molecule is C#CCC(NS(=O)(=O)c1ccc(C)cc1)c1ccccc1C. The number of benzene rings is 2. The van der Waals surface area contributed by atoms with Crippen LogP contribution in [0, 0.1) is 26.2 Å². The second kappa shape index (κ2) is 6.78. The molecule has 0 bridgehead atoms. The molecule has 0 aromatic heterocycles. The predicted octanol–water partition coefficient (Wildman–Crippen LogP) is 3.35. The quantitative estimate of drug-likeness (QED) is 0.861. The van der Waals surface area contributed by atoms with Crippen LogP contribution in [-0.4, -0.2) is 8.42 Å². The second-order valence-corrected chi connectivity index (χ2v) is 6.97. The lowest BCUT2D eigenvalue weighted by Crippen LogP contribution is -2.29. The molecule has 22 heavy (non-hydrogen) atoms. The van der Waals surface area contributed by atoms with Crippen molar-refractivity contribution in [3.05, 3.63) is 65.2 Å². The van der Waals surface area contributed by atoms with Crippen molar-refractivity contribution < 1.29 is 8.42 Å². The minimum atomic E-state index is -3.61. The summed E-state index contributed by atoms with van der Waals surface area (Å²) < 4.78 is 27.8. The van der Waals surface area contributed by atoms with Crippen molar-refractivity contribution in [1.82, 2.24) is 4.72 Å². The fourth-order valence-electron chi connectivity index (χ4n) is 2.28. The van der Waals surface area contributed by atoms with Crippen molar-refractivity contribution in [2.24, 2.45) is 0 Å². The zero-order valence-corrected chi connectivity index (χ0v) is 13.5. The first-order valence-electron chi connectivity index (χ1n) is 7.02. The maximum atomic E-state index is 12.5. The molecule has 0 spiro atoms. The lowest BCUT2D eigenvalue weighted by Gasteiger charge is -2.19. The van der Waals surface area contributed by atoms with Gasteiger partial charge in [0.05, 0.1) is 10.9 Å². The van der Waals surface area contributed by atoms with Crippen LogP contribution in [0.3, 0.4) is 0 Å². The maximum Gasteiger partial charge on any atom is 0.241 e. The summed E-state index contributed by atoms with van der Waals surface area (Å²) in [7, 11) is -3.61. The molecule has 0 aliphatic heterocycles. The Kier molecular flexibility index (Phi) is 5.02. The normalized spacial score (nSPS) is 12.6. The number of hydrogen-bond acceptors (Lipinski definition) is 2. The van der Waals surface area contributed by atoms with Gasteiger partial charge >= 0.3 is 0 Å². The monoisotopic (exact) mass is 313 g/mol. The van der Waals surface area contributed by atoms with Crippen LogP contribution in [-0.2, 0) is 10.0 Å². The van der Waals surface area contributed by atoms with Gasteiger partial charge in [0.15, 0.2) is 0 Å². The van der Waals surface area contributed by atoms with Gasteiger partial charge in [-0.1, -0.05) is 42.0 Å². The molecule has 0 radical (unpaired) electrons. The lowest BCUT2D eigenvalue weighted by atomic mass is 10.00. The molecule has 1 N–H and O–H groups in total. The van der Waals surface area contributed by atoms with Crippen molar-refractivity contribution in [3.63, 3.8) is 0 Å². The summed E-state index contributed by atoms with van der Waals surface area (Å²) in [6, 6.07) is 14.0. The number of hydrogen-bond donors (Lipinski definition) is 1. The van der Waals surface area contributed by atoms with E-state index in [1.54, 1.807) is 24.3 Å². The van der Waals surface area contributed by atoms with Gasteiger partial charge in [0.2, 0.25) is 10.0 Å². The highest BCUT2D eigenvalue weighted by Gasteiger charge is 2.21. The van der Waals surface area contributed by atoms with Gasteiger partial charge in [-0.25, -0.2) is 13.1 Å². The molecule has 0 aliphatic carbocycles. The van der Waals surface area contributed by atoms with Gasteiger partial charge in [-0.3, -0.25) is 0 Å². The highest BCUT2D eigenvalue weighted by Crippen LogP contribution is 2.23. The van der Waals surface area contributed by atoms with Crippen LogP contribution in [0.15, 0.2) is 53.4 Å². The number of sulfonamides is 1. The van der Waals surface area contributed by atoms with Gasteiger partial charge in [0, 0.05) is 6.42 Å². The molecule has 0 fully saturated rings. The third-order valence-electron chi connectivity index (χ3n) is 3.51. The molecule has 0 aliphatic rings. The third-order valence-corrected chi connectivity index (χ3v) is 5.00. The fourth-order valence-corrected chi connectivity index (χ4v) is 3.50. The number of rotatable bonds is 5. The van der Waals surface area contributed by atoms with Crippen LogP contribution in [0.1, 0.15) is 29.2 Å². The molecular formula is C18H19NO2S. The van der Waals surface area contributed by atoms with Crippen LogP contribution in [0.2, 0.25) is 0 Å². The first-order chi connectivity index (χ1) is 10.4. The van der Waals surface area contributed by atoms with E-state index in [0.29, 0.717) is 6.42 Å². The zero-order chi connectivity index (χ0) is 16.2. The summed E-state index contributed by atoms with van der Waals surface area (Å²) in [5.41, 5.74) is 2.92. The number of terminal acetylenes is 1. The summed E-state index contributed by atoms with van der Waals surface area (Å²) in [5.74, 6) is 2.55. The Bertz CT molecular complexity index is 787. The van der Waals surface area contributed by atoms with Gasteiger partial charge in [0.25, 0.3) is 0 Å². The van der Waals surface area contributed by atoms with Gasteiger partial charge < -0.3 is 0 Å². The summed E-state index contributed by atoms with van der Waals surface area (Å²) >= 11 is 0. The second-order valence-electron chi connectivity index (χ2n) is 5.25. The van der Waals surface area contributed by atoms with Gasteiger partial charge in [-0.2, -0.15) is 0 Å². The van der Waals surface area contributed by atoms with Crippen molar-refractivity contribution in [2.45, 2.75) is 31.2 Å². The van der Waals surface area contributed by atoms with E-state index in [-0.39, 0.29) is 4.90 Å². The molecule has 0 saturated heterocycles. The van der Waals surface area contributed by atoms with E-state index in [0.717, 1.165) is 16.7 Å². The summed E-state index contributed by atoms with van der Waals surface area (Å²) in [5, 5.41) is 0. The molecule has 2 aromatic carbocycles. The van der Waals surface area contributed by atoms with E-state index in [9.17, 15) is 8.42 Å². The molecule has 3 nitrogen and oxygen atoms in total.